The van der Waals surface area contributed by atoms with Crippen LogP contribution < -0.4 is 0 Å². The van der Waals surface area contributed by atoms with Crippen LogP contribution in [0.1, 0.15) is 136 Å². The van der Waals surface area contributed by atoms with E-state index in [2.05, 4.69) is 56.4 Å². The van der Waals surface area contributed by atoms with E-state index in [0.29, 0.717) is 19.3 Å². The summed E-state index contributed by atoms with van der Waals surface area (Å²) in [6.45, 7) is 6.23. The summed E-state index contributed by atoms with van der Waals surface area (Å²) in [7, 11) is 0. The first-order valence-corrected chi connectivity index (χ1v) is 17.3. The van der Waals surface area contributed by atoms with Gasteiger partial charge in [-0.1, -0.05) is 139 Å². The molecule has 0 heterocycles. The minimum atomic E-state index is -0.996. The van der Waals surface area contributed by atoms with Gasteiger partial charge in [0.25, 0.3) is 0 Å². The molecule has 6 heteroatoms. The van der Waals surface area contributed by atoms with Crippen LogP contribution in [0.2, 0.25) is 0 Å². The Morgan fingerprint density at radius 2 is 1.11 bits per heavy atom. The van der Waals surface area contributed by atoms with Crippen LogP contribution in [0.4, 0.5) is 0 Å². The van der Waals surface area contributed by atoms with Gasteiger partial charge in [0.2, 0.25) is 0 Å². The molecule has 1 unspecified atom stereocenters. The molecular weight excluding hydrogens is 552 g/mol. The molecule has 44 heavy (non-hydrogen) atoms. The van der Waals surface area contributed by atoms with Gasteiger partial charge in [-0.2, -0.15) is 0 Å². The highest BCUT2D eigenvalue weighted by Gasteiger charge is 2.12. The molecule has 3 atom stereocenters. The molecule has 0 radical (unpaired) electrons. The van der Waals surface area contributed by atoms with Crippen LogP contribution in [0.15, 0.2) is 60.8 Å². The first kappa shape index (κ1) is 41.6. The van der Waals surface area contributed by atoms with E-state index >= 15 is 0 Å². The van der Waals surface area contributed by atoms with Crippen molar-refractivity contribution in [2.24, 2.45) is 5.92 Å². The molecule has 0 fully saturated rings. The predicted octanol–water partition coefficient (Wildman–Crippen LogP) is 9.27. The Morgan fingerprint density at radius 3 is 1.68 bits per heavy atom. The molecule has 0 aromatic heterocycles. The number of unbranched alkanes of at least 4 members (excludes halogenated alkanes) is 8. The Labute approximate surface area is 269 Å². The maximum absolute atomic E-state index is 11.9. The van der Waals surface area contributed by atoms with Gasteiger partial charge < -0.3 is 19.7 Å². The Bertz CT molecular complexity index is 825. The van der Waals surface area contributed by atoms with E-state index in [4.69, 9.17) is 9.47 Å². The Balaban J connectivity index is 3.63. The van der Waals surface area contributed by atoms with Crippen LogP contribution in [0.25, 0.3) is 0 Å². The van der Waals surface area contributed by atoms with E-state index in [9.17, 15) is 19.8 Å². The van der Waals surface area contributed by atoms with Crippen molar-refractivity contribution in [3.8, 4) is 0 Å². The van der Waals surface area contributed by atoms with Gasteiger partial charge in [-0.25, -0.2) is 0 Å². The monoisotopic (exact) mass is 616 g/mol. The van der Waals surface area contributed by atoms with E-state index in [1.54, 1.807) is 6.08 Å². The normalized spacial score (nSPS) is 14.4. The molecule has 0 amide bonds. The summed E-state index contributed by atoms with van der Waals surface area (Å²) in [5.74, 6) is 0.193. The minimum absolute atomic E-state index is 0.144. The lowest BCUT2D eigenvalue weighted by atomic mass is 9.99. The molecule has 0 bridgehead atoms. The minimum Gasteiger partial charge on any atom is -0.463 e. The average Bonchev–Trinajstić information content (AvgIpc) is 3.02. The van der Waals surface area contributed by atoms with Gasteiger partial charge in [-0.15, -0.1) is 0 Å². The van der Waals surface area contributed by atoms with E-state index in [0.717, 1.165) is 57.3 Å². The molecule has 0 spiro atoms. The number of esters is 2. The van der Waals surface area contributed by atoms with Crippen molar-refractivity contribution in [3.63, 3.8) is 0 Å². The van der Waals surface area contributed by atoms with Crippen molar-refractivity contribution in [2.45, 2.75) is 149 Å². The van der Waals surface area contributed by atoms with Crippen molar-refractivity contribution in [1.29, 1.82) is 0 Å². The molecule has 252 valence electrons. The van der Waals surface area contributed by atoms with Gasteiger partial charge in [-0.3, -0.25) is 9.59 Å². The quantitative estimate of drug-likeness (QED) is 0.0377. The zero-order valence-electron chi connectivity index (χ0n) is 28.2. The lowest BCUT2D eigenvalue weighted by Crippen LogP contribution is -2.25. The van der Waals surface area contributed by atoms with Gasteiger partial charge in [0.05, 0.1) is 6.10 Å². The molecule has 0 saturated carbocycles. The molecule has 0 aliphatic heterocycles. The molecular formula is C38H64O6. The van der Waals surface area contributed by atoms with E-state index in [-0.39, 0.29) is 31.3 Å². The zero-order valence-corrected chi connectivity index (χ0v) is 28.2. The third-order valence-electron chi connectivity index (χ3n) is 7.47. The number of hydrogen-bond acceptors (Lipinski definition) is 6. The van der Waals surface area contributed by atoms with Crippen LogP contribution in [-0.2, 0) is 19.1 Å². The Kier molecular flexibility index (Phi) is 30.2. The second-order valence-corrected chi connectivity index (χ2v) is 11.7. The van der Waals surface area contributed by atoms with Crippen LogP contribution in [0.3, 0.4) is 0 Å². The summed E-state index contributed by atoms with van der Waals surface area (Å²) in [5, 5.41) is 19.4. The van der Waals surface area contributed by atoms with Crippen molar-refractivity contribution in [2.75, 3.05) is 13.2 Å². The lowest BCUT2D eigenvalue weighted by molar-refractivity contribution is -0.152. The smallest absolute Gasteiger partial charge is 0.305 e. The van der Waals surface area contributed by atoms with Crippen LogP contribution >= 0.6 is 0 Å². The SMILES string of the molecule is CCC(C)CCCCCCCCCCC(=O)OC[C@H](O)COC(=O)CCC/C=C\C/C=C\C/C=C\C/C=C\C=C\[C@@H](O)CC. The predicted molar refractivity (Wildman–Crippen MR) is 183 cm³/mol. The fraction of sp³-hybridized carbons (Fsp3) is 0.684. The molecule has 0 rings (SSSR count). The molecule has 0 aromatic carbocycles. The maximum Gasteiger partial charge on any atom is 0.305 e. The molecule has 0 aliphatic carbocycles. The molecule has 0 aromatic rings. The highest BCUT2D eigenvalue weighted by atomic mass is 16.6. The number of allylic oxidation sites excluding steroid dienone is 9. The fourth-order valence-corrected chi connectivity index (χ4v) is 4.28. The fourth-order valence-electron chi connectivity index (χ4n) is 4.28. The number of aliphatic hydroxyl groups is 2. The third kappa shape index (κ3) is 31.0. The summed E-state index contributed by atoms with van der Waals surface area (Å²) in [5.41, 5.74) is 0. The summed E-state index contributed by atoms with van der Waals surface area (Å²) >= 11 is 0. The van der Waals surface area contributed by atoms with E-state index in [1.807, 2.05) is 19.1 Å². The van der Waals surface area contributed by atoms with E-state index in [1.165, 1.54) is 44.9 Å². The molecule has 6 nitrogen and oxygen atoms in total. The zero-order chi connectivity index (χ0) is 32.5. The number of carbonyl (C=O) groups is 2. The number of rotatable bonds is 29. The summed E-state index contributed by atoms with van der Waals surface area (Å²) in [4.78, 5) is 23.8. The first-order valence-electron chi connectivity index (χ1n) is 17.3. The summed E-state index contributed by atoms with van der Waals surface area (Å²) in [6, 6.07) is 0. The number of aliphatic hydroxyl groups excluding tert-OH is 2. The topological polar surface area (TPSA) is 93.1 Å². The van der Waals surface area contributed by atoms with Gasteiger partial charge >= 0.3 is 11.9 Å². The number of ether oxygens (including phenoxy) is 2. The Morgan fingerprint density at radius 1 is 0.614 bits per heavy atom. The molecule has 0 saturated heterocycles. The van der Waals surface area contributed by atoms with Gasteiger partial charge in [-0.05, 0) is 50.9 Å². The van der Waals surface area contributed by atoms with Crippen molar-refractivity contribution in [3.05, 3.63) is 60.8 Å². The van der Waals surface area contributed by atoms with Crippen LogP contribution in [-0.4, -0.2) is 47.6 Å². The Hall–Kier alpha value is -2.44. The first-order chi connectivity index (χ1) is 21.4. The van der Waals surface area contributed by atoms with Crippen molar-refractivity contribution in [1.82, 2.24) is 0 Å². The van der Waals surface area contributed by atoms with Crippen LogP contribution in [0.5, 0.6) is 0 Å². The second-order valence-electron chi connectivity index (χ2n) is 11.7. The largest absolute Gasteiger partial charge is 0.463 e. The van der Waals surface area contributed by atoms with Crippen molar-refractivity contribution < 1.29 is 29.3 Å². The van der Waals surface area contributed by atoms with Gasteiger partial charge in [0.15, 0.2) is 0 Å². The maximum atomic E-state index is 11.9. The van der Waals surface area contributed by atoms with Crippen molar-refractivity contribution >= 4 is 11.9 Å². The molecule has 0 aliphatic rings. The number of carbonyl (C=O) groups excluding carboxylic acids is 2. The highest BCUT2D eigenvalue weighted by molar-refractivity contribution is 5.69. The van der Waals surface area contributed by atoms with Gasteiger partial charge in [0, 0.05) is 12.8 Å². The van der Waals surface area contributed by atoms with Crippen LogP contribution in [0, 0.1) is 5.92 Å². The van der Waals surface area contributed by atoms with Gasteiger partial charge in [0.1, 0.15) is 19.3 Å². The average molecular weight is 617 g/mol. The summed E-state index contributed by atoms with van der Waals surface area (Å²) in [6.07, 6.45) is 36.5. The third-order valence-corrected chi connectivity index (χ3v) is 7.47. The lowest BCUT2D eigenvalue weighted by Gasteiger charge is -2.12. The standard InChI is InChI=1S/C38H64O6/c1-4-34(3)28-24-20-16-14-15-19-23-27-31-38(42)44-33-36(40)32-43-37(41)30-26-22-18-13-11-9-7-6-8-10-12-17-21-25-29-35(39)5-2/h7-10,13,17-18,21,25,29,34-36,39-40H,4-6,11-12,14-16,19-20,22-24,26-28,30-33H2,1-3H3/b9-7-,10-8-,18-13-,21-17-,29-25+/t34?,35-,36+/m0/s1. The molecule has 2 N–H and O–H groups in total. The second kappa shape index (κ2) is 32.0. The number of hydrogen-bond donors (Lipinski definition) is 2. The van der Waals surface area contributed by atoms with E-state index < -0.39 is 6.10 Å². The summed E-state index contributed by atoms with van der Waals surface area (Å²) < 4.78 is 10.2. The highest BCUT2D eigenvalue weighted by Crippen LogP contribution is 2.15.